The van der Waals surface area contributed by atoms with Crippen molar-refractivity contribution in [2.24, 2.45) is 5.10 Å². The van der Waals surface area contributed by atoms with Gasteiger partial charge in [-0.05, 0) is 30.7 Å². The van der Waals surface area contributed by atoms with Gasteiger partial charge in [0.1, 0.15) is 5.75 Å². The van der Waals surface area contributed by atoms with Crippen molar-refractivity contribution in [1.82, 2.24) is 5.01 Å². The highest BCUT2D eigenvalue weighted by molar-refractivity contribution is 6.30. The molecule has 0 bridgehead atoms. The molecule has 118 valence electrons. The van der Waals surface area contributed by atoms with Crippen molar-refractivity contribution in [3.05, 3.63) is 64.2 Å². The van der Waals surface area contributed by atoms with Crippen LogP contribution in [0.25, 0.3) is 0 Å². The lowest BCUT2D eigenvalue weighted by Gasteiger charge is -2.37. The number of ether oxygens (including phenoxy) is 1. The van der Waals surface area contributed by atoms with E-state index in [9.17, 15) is 0 Å². The van der Waals surface area contributed by atoms with Gasteiger partial charge in [-0.3, -0.25) is 5.01 Å². The third-order valence-electron chi connectivity index (χ3n) is 4.57. The summed E-state index contributed by atoms with van der Waals surface area (Å²) in [5.41, 5.74) is 4.69. The average molecular weight is 327 g/mol. The predicted molar refractivity (Wildman–Crippen MR) is 93.1 cm³/mol. The summed E-state index contributed by atoms with van der Waals surface area (Å²) in [6.45, 7) is 4.23. The highest BCUT2D eigenvalue weighted by Gasteiger charge is 2.39. The molecule has 2 aromatic carbocycles. The van der Waals surface area contributed by atoms with Crippen molar-refractivity contribution in [3.8, 4) is 5.75 Å². The summed E-state index contributed by atoms with van der Waals surface area (Å²) in [5.74, 6) is 0.933. The molecule has 0 fully saturated rings. The largest absolute Gasteiger partial charge is 0.469 e. The molecule has 0 saturated heterocycles. The summed E-state index contributed by atoms with van der Waals surface area (Å²) in [6, 6.07) is 14.6. The maximum absolute atomic E-state index is 6.20. The van der Waals surface area contributed by atoms with E-state index in [1.165, 1.54) is 11.1 Å². The Morgan fingerprint density at radius 3 is 2.74 bits per heavy atom. The minimum Gasteiger partial charge on any atom is -0.469 e. The van der Waals surface area contributed by atoms with E-state index in [0.29, 0.717) is 0 Å². The van der Waals surface area contributed by atoms with Gasteiger partial charge in [0, 0.05) is 23.4 Å². The molecule has 0 aliphatic carbocycles. The van der Waals surface area contributed by atoms with E-state index in [2.05, 4.69) is 43.1 Å². The van der Waals surface area contributed by atoms with Crippen LogP contribution in [0.3, 0.4) is 0 Å². The van der Waals surface area contributed by atoms with Crippen molar-refractivity contribution in [2.75, 3.05) is 0 Å². The molecule has 2 aliphatic heterocycles. The van der Waals surface area contributed by atoms with Crippen LogP contribution >= 0.6 is 11.6 Å². The maximum atomic E-state index is 6.20. The molecule has 0 spiro atoms. The molecule has 0 unspecified atom stereocenters. The first kappa shape index (κ1) is 14.6. The van der Waals surface area contributed by atoms with Gasteiger partial charge in [0.2, 0.25) is 0 Å². The first-order valence-electron chi connectivity index (χ1n) is 8.04. The third-order valence-corrected chi connectivity index (χ3v) is 4.80. The molecule has 2 aliphatic rings. The van der Waals surface area contributed by atoms with E-state index in [4.69, 9.17) is 21.4 Å². The van der Waals surface area contributed by atoms with Crippen LogP contribution in [0.1, 0.15) is 42.5 Å². The van der Waals surface area contributed by atoms with Crippen molar-refractivity contribution in [3.63, 3.8) is 0 Å². The Bertz CT molecular complexity index is 769. The van der Waals surface area contributed by atoms with Crippen LogP contribution < -0.4 is 4.74 Å². The Morgan fingerprint density at radius 2 is 2.00 bits per heavy atom. The van der Waals surface area contributed by atoms with Gasteiger partial charge in [-0.1, -0.05) is 48.4 Å². The van der Waals surface area contributed by atoms with Gasteiger partial charge < -0.3 is 4.74 Å². The molecule has 0 radical (unpaired) electrons. The number of aryl methyl sites for hydroxylation is 1. The van der Waals surface area contributed by atoms with Crippen LogP contribution in [0.15, 0.2) is 47.6 Å². The lowest BCUT2D eigenvalue weighted by Crippen LogP contribution is -2.39. The summed E-state index contributed by atoms with van der Waals surface area (Å²) in [5, 5.41) is 7.72. The zero-order chi connectivity index (χ0) is 16.0. The zero-order valence-corrected chi connectivity index (χ0v) is 14.0. The lowest BCUT2D eigenvalue weighted by atomic mass is 9.96. The third kappa shape index (κ3) is 2.49. The number of hydrogen-bond donors (Lipinski definition) is 0. The Labute approximate surface area is 141 Å². The number of benzene rings is 2. The molecule has 4 heteroatoms. The zero-order valence-electron chi connectivity index (χ0n) is 13.3. The Hall–Kier alpha value is -2.00. The minimum atomic E-state index is -0.0170. The van der Waals surface area contributed by atoms with Crippen molar-refractivity contribution >= 4 is 17.3 Å². The summed E-state index contributed by atoms with van der Waals surface area (Å²) in [4.78, 5) is 0. The molecule has 0 saturated carbocycles. The van der Waals surface area contributed by atoms with Crippen molar-refractivity contribution < 1.29 is 4.74 Å². The molecule has 0 N–H and O–H groups in total. The van der Waals surface area contributed by atoms with Crippen LogP contribution in [0.5, 0.6) is 5.75 Å². The standard InChI is InChI=1S/C19H19ClN2O/c1-3-19-22-17(15-10-14(20)8-9-18(15)23-19)11-16(21-22)13-6-4-12(2)5-7-13/h4-10,17,19H,3,11H2,1-2H3/t17-,19-/m0/s1. The fraction of sp³-hybridized carbons (Fsp3) is 0.316. The van der Waals surface area contributed by atoms with Crippen molar-refractivity contribution in [2.45, 2.75) is 39.0 Å². The molecular formula is C19H19ClN2O. The van der Waals surface area contributed by atoms with Crippen LogP contribution in [-0.4, -0.2) is 16.9 Å². The SMILES string of the molecule is CC[C@@H]1Oc2ccc(Cl)cc2[C@@H]2CC(c3ccc(C)cc3)=NN12. The summed E-state index contributed by atoms with van der Waals surface area (Å²) in [6.07, 6.45) is 1.76. The highest BCUT2D eigenvalue weighted by atomic mass is 35.5. The average Bonchev–Trinajstić information content (AvgIpc) is 3.00. The lowest BCUT2D eigenvalue weighted by molar-refractivity contribution is -0.0188. The fourth-order valence-electron chi connectivity index (χ4n) is 3.32. The second-order valence-electron chi connectivity index (χ2n) is 6.18. The molecular weight excluding hydrogens is 308 g/mol. The molecule has 23 heavy (non-hydrogen) atoms. The molecule has 3 nitrogen and oxygen atoms in total. The normalized spacial score (nSPS) is 22.2. The number of nitrogens with zero attached hydrogens (tertiary/aromatic N) is 2. The van der Waals surface area contributed by atoms with Crippen LogP contribution in [0.4, 0.5) is 0 Å². The van der Waals surface area contributed by atoms with Crippen LogP contribution in [0.2, 0.25) is 5.02 Å². The predicted octanol–water partition coefficient (Wildman–Crippen LogP) is 4.93. The van der Waals surface area contributed by atoms with Gasteiger partial charge in [0.05, 0.1) is 11.8 Å². The highest BCUT2D eigenvalue weighted by Crippen LogP contribution is 2.44. The van der Waals surface area contributed by atoms with E-state index in [1.807, 2.05) is 18.2 Å². The number of hydrazone groups is 1. The van der Waals surface area contributed by atoms with E-state index in [-0.39, 0.29) is 12.3 Å². The summed E-state index contributed by atoms with van der Waals surface area (Å²) in [7, 11) is 0. The topological polar surface area (TPSA) is 24.8 Å². The molecule has 2 atom stereocenters. The van der Waals surface area contributed by atoms with Crippen molar-refractivity contribution in [1.29, 1.82) is 0 Å². The summed E-state index contributed by atoms with van der Waals surface area (Å²) < 4.78 is 6.11. The van der Waals surface area contributed by atoms with E-state index in [1.54, 1.807) is 0 Å². The van der Waals surface area contributed by atoms with Crippen LogP contribution in [-0.2, 0) is 0 Å². The quantitative estimate of drug-likeness (QED) is 0.781. The second-order valence-corrected chi connectivity index (χ2v) is 6.61. The number of rotatable bonds is 2. The van der Waals surface area contributed by atoms with E-state index < -0.39 is 0 Å². The second kappa shape index (κ2) is 5.57. The molecule has 0 aromatic heterocycles. The van der Waals surface area contributed by atoms with E-state index >= 15 is 0 Å². The number of halogens is 1. The molecule has 2 aromatic rings. The van der Waals surface area contributed by atoms with Gasteiger partial charge in [-0.2, -0.15) is 5.10 Å². The van der Waals surface area contributed by atoms with Gasteiger partial charge in [0.15, 0.2) is 6.23 Å². The molecule has 0 amide bonds. The van der Waals surface area contributed by atoms with Gasteiger partial charge in [-0.15, -0.1) is 0 Å². The van der Waals surface area contributed by atoms with Crippen LogP contribution in [0, 0.1) is 6.92 Å². The Balaban J connectivity index is 1.73. The Kier molecular flexibility index (Phi) is 3.53. The maximum Gasteiger partial charge on any atom is 0.187 e. The monoisotopic (exact) mass is 326 g/mol. The number of fused-ring (bicyclic) bond motifs is 3. The first-order valence-corrected chi connectivity index (χ1v) is 8.42. The fourth-order valence-corrected chi connectivity index (χ4v) is 3.50. The smallest absolute Gasteiger partial charge is 0.187 e. The first-order chi connectivity index (χ1) is 11.2. The summed E-state index contributed by atoms with van der Waals surface area (Å²) >= 11 is 6.20. The minimum absolute atomic E-state index is 0.0170. The number of hydrogen-bond acceptors (Lipinski definition) is 3. The van der Waals surface area contributed by atoms with E-state index in [0.717, 1.165) is 34.9 Å². The molecule has 4 rings (SSSR count). The molecule has 2 heterocycles. The van der Waals surface area contributed by atoms with Gasteiger partial charge in [0.25, 0.3) is 0 Å². The Morgan fingerprint density at radius 1 is 1.22 bits per heavy atom. The van der Waals surface area contributed by atoms with Gasteiger partial charge >= 0.3 is 0 Å². The van der Waals surface area contributed by atoms with Gasteiger partial charge in [-0.25, -0.2) is 0 Å².